The number of morpholine rings is 1. The first kappa shape index (κ1) is 48.1. The lowest BCUT2D eigenvalue weighted by atomic mass is 9.85. The Kier molecular flexibility index (Phi) is 14.0. The highest BCUT2D eigenvalue weighted by Gasteiger charge is 2.61. The number of rotatable bonds is 16. The summed E-state index contributed by atoms with van der Waals surface area (Å²) in [5, 5.41) is 18.7. The standard InChI is InChI=1S/C43H55ClF3N7O10/c1-9-24-20-42(24,37(57)58)52-35(55)29-18-25(21-54(29)36(56)34(40(4,5)6)51-39(59)64-41(7,8)43(45,46)47)63-31-19-27(28-22-62-38(50-28)48-23(2)3)49-33-26(31)10-11-30(32(33)44)61-17-14-53-12-15-60-16-13-53/h9-11,19,22-25,29,34H,1,12-18,20-21H2,2-8H3,(H,48,50)(H,51,59)(H,52,55)(H,57,58)/t24-,25-,29+,34-,42-/m1/s1. The van der Waals surface area contributed by atoms with Crippen LogP contribution in [0.25, 0.3) is 22.3 Å². The number of anilines is 1. The molecule has 6 rings (SSSR count). The van der Waals surface area contributed by atoms with Gasteiger partial charge in [0.05, 0.1) is 31.0 Å². The van der Waals surface area contributed by atoms with Crippen molar-refractivity contribution in [1.82, 2.24) is 30.4 Å². The predicted octanol–water partition coefficient (Wildman–Crippen LogP) is 6.05. The number of nitrogens with one attached hydrogen (secondary N) is 3. The van der Waals surface area contributed by atoms with E-state index >= 15 is 0 Å². The first-order chi connectivity index (χ1) is 29.9. The lowest BCUT2D eigenvalue weighted by Gasteiger charge is -2.36. The number of alkyl carbamates (subject to hydrolysis) is 1. The van der Waals surface area contributed by atoms with Gasteiger partial charge >= 0.3 is 18.2 Å². The third kappa shape index (κ3) is 10.6. The Morgan fingerprint density at radius 3 is 2.39 bits per heavy atom. The van der Waals surface area contributed by atoms with Crippen LogP contribution in [-0.2, 0) is 23.9 Å². The SMILES string of the molecule is C=C[C@@H]1C[C@]1(NC(=O)[C@@H]1C[C@@H](Oc2cc(-c3coc(NC(C)C)n3)nc3c(Cl)c(OCCN4CCOCC4)ccc23)CN1C(=O)[C@@H](NC(=O)OC(C)(C)C(F)(F)F)C(C)(C)C)C(=O)O. The number of carboxylic acids is 1. The topological polar surface area (TPSA) is 207 Å². The van der Waals surface area contributed by atoms with Crippen molar-refractivity contribution >= 4 is 52.4 Å². The summed E-state index contributed by atoms with van der Waals surface area (Å²) in [6.07, 6.45) is -4.69. The number of ether oxygens (including phenoxy) is 4. The normalized spacial score (nSPS) is 22.2. The minimum absolute atomic E-state index is 0.00171. The van der Waals surface area contributed by atoms with Gasteiger partial charge in [-0.05, 0) is 51.7 Å². The van der Waals surface area contributed by atoms with Crippen LogP contribution < -0.4 is 25.4 Å². The molecule has 3 fully saturated rings. The molecule has 4 heterocycles. The van der Waals surface area contributed by atoms with Crippen molar-refractivity contribution in [2.24, 2.45) is 11.3 Å². The number of aliphatic carboxylic acids is 1. The lowest BCUT2D eigenvalue weighted by Crippen LogP contribution is -2.60. The second kappa shape index (κ2) is 18.6. The summed E-state index contributed by atoms with van der Waals surface area (Å²) >= 11 is 7.01. The van der Waals surface area contributed by atoms with Crippen molar-refractivity contribution in [3.05, 3.63) is 42.1 Å². The van der Waals surface area contributed by atoms with Crippen LogP contribution in [0.15, 0.2) is 41.5 Å². The van der Waals surface area contributed by atoms with Gasteiger partial charge in [-0.1, -0.05) is 38.4 Å². The number of pyridine rings is 1. The zero-order valence-electron chi connectivity index (χ0n) is 36.8. The van der Waals surface area contributed by atoms with E-state index in [0.717, 1.165) is 18.0 Å². The van der Waals surface area contributed by atoms with Gasteiger partial charge in [-0.2, -0.15) is 18.2 Å². The van der Waals surface area contributed by atoms with Crippen molar-refractivity contribution < 1.29 is 60.8 Å². The van der Waals surface area contributed by atoms with Gasteiger partial charge in [0.2, 0.25) is 17.4 Å². The maximum absolute atomic E-state index is 14.6. The van der Waals surface area contributed by atoms with Crippen molar-refractivity contribution in [1.29, 1.82) is 0 Å². The van der Waals surface area contributed by atoms with Crippen molar-refractivity contribution in [3.63, 3.8) is 0 Å². The number of carbonyl (C=O) groups is 4. The number of aromatic nitrogens is 2. The molecule has 17 nitrogen and oxygen atoms in total. The monoisotopic (exact) mass is 921 g/mol. The number of benzene rings is 1. The zero-order chi connectivity index (χ0) is 46.9. The van der Waals surface area contributed by atoms with Crippen molar-refractivity contribution in [3.8, 4) is 22.9 Å². The quantitative estimate of drug-likeness (QED) is 0.121. The number of alkyl halides is 3. The molecular weight excluding hydrogens is 867 g/mol. The highest BCUT2D eigenvalue weighted by atomic mass is 35.5. The summed E-state index contributed by atoms with van der Waals surface area (Å²) in [6, 6.07) is 2.33. The third-order valence-corrected chi connectivity index (χ3v) is 11.7. The molecule has 1 aliphatic carbocycles. The number of hydrogen-bond acceptors (Lipinski definition) is 13. The molecule has 0 radical (unpaired) electrons. The van der Waals surface area contributed by atoms with Gasteiger partial charge in [0.1, 0.15) is 58.8 Å². The Hall–Kier alpha value is -5.34. The van der Waals surface area contributed by atoms with Gasteiger partial charge in [-0.3, -0.25) is 14.5 Å². The Balaban J connectivity index is 1.35. The number of likely N-dealkylation sites (tertiary alicyclic amines) is 1. The molecule has 64 heavy (non-hydrogen) atoms. The zero-order valence-corrected chi connectivity index (χ0v) is 37.5. The van der Waals surface area contributed by atoms with Crippen LogP contribution in [0.5, 0.6) is 11.5 Å². The molecule has 21 heteroatoms. The van der Waals surface area contributed by atoms with Gasteiger partial charge in [0.15, 0.2) is 0 Å². The largest absolute Gasteiger partial charge is 0.491 e. The van der Waals surface area contributed by atoms with Gasteiger partial charge < -0.3 is 49.3 Å². The van der Waals surface area contributed by atoms with E-state index in [1.165, 1.54) is 12.3 Å². The Morgan fingerprint density at radius 1 is 1.08 bits per heavy atom. The highest BCUT2D eigenvalue weighted by molar-refractivity contribution is 6.36. The summed E-state index contributed by atoms with van der Waals surface area (Å²) in [5.74, 6) is -2.98. The number of amides is 3. The smallest absolute Gasteiger partial charge is 0.427 e. The van der Waals surface area contributed by atoms with Crippen LogP contribution in [0.2, 0.25) is 5.02 Å². The van der Waals surface area contributed by atoms with Crippen molar-refractivity contribution in [2.45, 2.75) is 103 Å². The summed E-state index contributed by atoms with van der Waals surface area (Å²) in [4.78, 5) is 67.0. The molecule has 5 atom stereocenters. The van der Waals surface area contributed by atoms with E-state index in [2.05, 4.69) is 32.4 Å². The number of oxazole rings is 1. The first-order valence-electron chi connectivity index (χ1n) is 20.9. The molecule has 1 aromatic carbocycles. The van der Waals surface area contributed by atoms with E-state index in [0.29, 0.717) is 62.7 Å². The summed E-state index contributed by atoms with van der Waals surface area (Å²) < 4.78 is 69.7. The molecule has 2 aliphatic heterocycles. The Labute approximate surface area is 373 Å². The van der Waals surface area contributed by atoms with Crippen molar-refractivity contribution in [2.75, 3.05) is 51.3 Å². The molecule has 1 saturated carbocycles. The van der Waals surface area contributed by atoms with E-state index in [-0.39, 0.29) is 47.7 Å². The van der Waals surface area contributed by atoms with E-state index in [9.17, 15) is 37.5 Å². The van der Waals surface area contributed by atoms with Crippen LogP contribution in [0.4, 0.5) is 24.0 Å². The number of halogens is 4. The van der Waals surface area contributed by atoms with Gasteiger partial charge in [0.25, 0.3) is 6.01 Å². The molecule has 0 bridgehead atoms. The number of carbonyl (C=O) groups excluding carboxylic acids is 3. The molecule has 0 spiro atoms. The predicted molar refractivity (Wildman–Crippen MR) is 228 cm³/mol. The number of nitrogens with zero attached hydrogens (tertiary/aromatic N) is 4. The number of carboxylic acid groups (broad SMARTS) is 1. The number of hydrogen-bond donors (Lipinski definition) is 4. The maximum atomic E-state index is 14.6. The van der Waals surface area contributed by atoms with Crippen LogP contribution in [-0.4, -0.2) is 136 Å². The summed E-state index contributed by atoms with van der Waals surface area (Å²) in [6.45, 7) is 17.1. The van der Waals surface area contributed by atoms with Crippen LogP contribution in [0, 0.1) is 11.3 Å². The molecule has 3 amide bonds. The summed E-state index contributed by atoms with van der Waals surface area (Å²) in [7, 11) is 0. The van der Waals surface area contributed by atoms with E-state index < -0.39 is 70.7 Å². The third-order valence-electron chi connectivity index (χ3n) is 11.4. The fourth-order valence-corrected chi connectivity index (χ4v) is 7.75. The molecular formula is C43H55ClF3N7O10. The van der Waals surface area contributed by atoms with Gasteiger partial charge in [0, 0.05) is 49.5 Å². The molecule has 2 saturated heterocycles. The van der Waals surface area contributed by atoms with E-state index in [4.69, 9.17) is 39.9 Å². The average Bonchev–Trinajstić information content (AvgIpc) is 3.48. The Bertz CT molecular complexity index is 2240. The van der Waals surface area contributed by atoms with E-state index in [1.807, 2.05) is 13.8 Å². The van der Waals surface area contributed by atoms with Gasteiger partial charge in [-0.25, -0.2) is 14.6 Å². The van der Waals surface area contributed by atoms with E-state index in [1.54, 1.807) is 39.0 Å². The second-order valence-electron chi connectivity index (χ2n) is 18.1. The molecule has 3 aromatic rings. The first-order valence-corrected chi connectivity index (χ1v) is 21.3. The lowest BCUT2D eigenvalue weighted by molar-refractivity contribution is -0.244. The summed E-state index contributed by atoms with van der Waals surface area (Å²) in [5.41, 5.74) is -4.81. The number of fused-ring (bicyclic) bond motifs is 1. The highest BCUT2D eigenvalue weighted by Crippen LogP contribution is 2.45. The second-order valence-corrected chi connectivity index (χ2v) is 18.4. The van der Waals surface area contributed by atoms with Crippen LogP contribution in [0.3, 0.4) is 0 Å². The van der Waals surface area contributed by atoms with Gasteiger partial charge in [-0.15, -0.1) is 6.58 Å². The fraction of sp³-hybridized carbons (Fsp3) is 0.581. The molecule has 2 aromatic heterocycles. The molecule has 4 N–H and O–H groups in total. The van der Waals surface area contributed by atoms with Crippen LogP contribution in [0.1, 0.15) is 61.3 Å². The minimum Gasteiger partial charge on any atom is -0.491 e. The maximum Gasteiger partial charge on any atom is 0.427 e. The molecule has 3 aliphatic rings. The molecule has 0 unspecified atom stereocenters. The average molecular weight is 922 g/mol. The minimum atomic E-state index is -4.93. The fourth-order valence-electron chi connectivity index (χ4n) is 7.49. The Morgan fingerprint density at radius 2 is 1.78 bits per heavy atom. The van der Waals surface area contributed by atoms with Crippen LogP contribution >= 0.6 is 11.6 Å². The molecule has 350 valence electrons.